The summed E-state index contributed by atoms with van der Waals surface area (Å²) in [6, 6.07) is 0.228. The SMILES string of the molecule is CC(C)(O)[C@@H](N)[C@H]1CC[C@H]2[C@@H](CC3C4CC[C@H]5C(C)(C)[C@@H](OC6CN(C7COC7)CCO6)CCC56C[C@@]46CC[C@@]32C)O1.CO. The highest BCUT2D eigenvalue weighted by molar-refractivity contribution is 5.29. The molecule has 0 amide bonds. The van der Waals surface area contributed by atoms with E-state index in [9.17, 15) is 5.11 Å². The Morgan fingerprint density at radius 2 is 1.68 bits per heavy atom. The summed E-state index contributed by atoms with van der Waals surface area (Å²) >= 11 is 0. The fraction of sp³-hybridized carbons (Fsp3) is 1.00. The zero-order valence-electron chi connectivity index (χ0n) is 28.4. The van der Waals surface area contributed by atoms with Crippen molar-refractivity contribution < 1.29 is 29.2 Å². The fourth-order valence-electron chi connectivity index (χ4n) is 12.9. The highest BCUT2D eigenvalue weighted by Crippen LogP contribution is 2.87. The van der Waals surface area contributed by atoms with Crippen LogP contribution in [0.5, 0.6) is 0 Å². The molecule has 5 aliphatic carbocycles. The number of hydrogen-bond donors (Lipinski definition) is 3. The maximum atomic E-state index is 10.6. The summed E-state index contributed by atoms with van der Waals surface area (Å²) in [7, 11) is 1.00. The van der Waals surface area contributed by atoms with Crippen LogP contribution in [0.15, 0.2) is 0 Å². The van der Waals surface area contributed by atoms with Crippen molar-refractivity contribution in [1.82, 2.24) is 4.90 Å². The van der Waals surface area contributed by atoms with Gasteiger partial charge in [-0.3, -0.25) is 4.90 Å². The number of aliphatic hydroxyl groups excluding tert-OH is 1. The Hall–Kier alpha value is -0.320. The van der Waals surface area contributed by atoms with Gasteiger partial charge in [0.1, 0.15) is 0 Å². The summed E-state index contributed by atoms with van der Waals surface area (Å²) in [5, 5.41) is 17.6. The average Bonchev–Trinajstić information content (AvgIpc) is 3.54. The molecular weight excluding hydrogens is 556 g/mol. The van der Waals surface area contributed by atoms with E-state index >= 15 is 0 Å². The fourth-order valence-corrected chi connectivity index (χ4v) is 12.9. The minimum absolute atomic E-state index is 0.0229. The Morgan fingerprint density at radius 1 is 0.932 bits per heavy atom. The Bertz CT molecular complexity index is 1060. The molecule has 12 atom stereocenters. The minimum Gasteiger partial charge on any atom is -0.400 e. The summed E-state index contributed by atoms with van der Waals surface area (Å²) in [6.07, 6.45) is 13.4. The van der Waals surface area contributed by atoms with Gasteiger partial charge in [0.25, 0.3) is 0 Å². The molecular formula is C36H62N2O6. The molecule has 3 saturated heterocycles. The van der Waals surface area contributed by atoms with E-state index in [1.807, 2.05) is 13.8 Å². The van der Waals surface area contributed by atoms with Crippen molar-refractivity contribution >= 4 is 0 Å². The molecule has 3 aliphatic heterocycles. The van der Waals surface area contributed by atoms with Crippen LogP contribution < -0.4 is 5.73 Å². The second-order valence-corrected chi connectivity index (χ2v) is 17.6. The highest BCUT2D eigenvalue weighted by Gasteiger charge is 2.80. The lowest BCUT2D eigenvalue weighted by Gasteiger charge is -2.60. The Morgan fingerprint density at radius 3 is 2.39 bits per heavy atom. The second kappa shape index (κ2) is 11.1. The molecule has 3 heterocycles. The van der Waals surface area contributed by atoms with E-state index in [4.69, 9.17) is 29.8 Å². The Balaban J connectivity index is 0.00000153. The molecule has 2 spiro atoms. The first-order chi connectivity index (χ1) is 20.9. The van der Waals surface area contributed by atoms with Crippen molar-refractivity contribution in [1.29, 1.82) is 0 Å². The standard InChI is InChI=1S/C35H58N2O5.CH4O/c1-31(2)27-9-7-22-24-16-26-23(6-8-25(41-26)30(36)32(3,4)38)33(24,5)12-13-34(22)20-35(27,34)11-10-28(31)42-29-17-37(14-15-40-29)21-18-39-19-21;1-2/h21-30,38H,6-20,36H2,1-5H3;2H,1H3/t22?,23-,24?,25+,26+,27-,28-,29?,30-,33+,34-,35?;/m0./s1. The van der Waals surface area contributed by atoms with E-state index in [0.29, 0.717) is 34.3 Å². The van der Waals surface area contributed by atoms with Gasteiger partial charge in [0.2, 0.25) is 0 Å². The largest absolute Gasteiger partial charge is 0.400 e. The van der Waals surface area contributed by atoms with Crippen molar-refractivity contribution in [3.8, 4) is 0 Å². The molecule has 252 valence electrons. The lowest BCUT2D eigenvalue weighted by molar-refractivity contribution is -0.253. The van der Waals surface area contributed by atoms with Crippen LogP contribution in [0.2, 0.25) is 0 Å². The molecule has 0 aromatic heterocycles. The summed E-state index contributed by atoms with van der Waals surface area (Å²) in [6.45, 7) is 15.7. The van der Waals surface area contributed by atoms with Crippen molar-refractivity contribution in [3.63, 3.8) is 0 Å². The number of hydrogen-bond acceptors (Lipinski definition) is 8. The lowest BCUT2D eigenvalue weighted by atomic mass is 9.46. The molecule has 44 heavy (non-hydrogen) atoms. The van der Waals surface area contributed by atoms with Gasteiger partial charge in [-0.1, -0.05) is 20.8 Å². The van der Waals surface area contributed by atoms with Gasteiger partial charge in [0, 0.05) is 13.7 Å². The van der Waals surface area contributed by atoms with Gasteiger partial charge in [-0.15, -0.1) is 0 Å². The number of nitrogens with zero attached hydrogens (tertiary/aromatic N) is 1. The van der Waals surface area contributed by atoms with Gasteiger partial charge in [-0.25, -0.2) is 0 Å². The van der Waals surface area contributed by atoms with Crippen LogP contribution in [-0.4, -0.2) is 97.4 Å². The van der Waals surface area contributed by atoms with Crippen LogP contribution in [0.25, 0.3) is 0 Å². The zero-order valence-corrected chi connectivity index (χ0v) is 28.4. The van der Waals surface area contributed by atoms with Gasteiger partial charge in [-0.2, -0.15) is 0 Å². The molecule has 5 saturated carbocycles. The topological polar surface area (TPSA) is 107 Å². The molecule has 8 heteroatoms. The van der Waals surface area contributed by atoms with Crippen LogP contribution in [0.1, 0.15) is 98.8 Å². The maximum Gasteiger partial charge on any atom is 0.170 e. The molecule has 4 unspecified atom stereocenters. The predicted octanol–water partition coefficient (Wildman–Crippen LogP) is 4.34. The van der Waals surface area contributed by atoms with E-state index in [1.165, 1.54) is 57.8 Å². The van der Waals surface area contributed by atoms with Crippen LogP contribution in [0.4, 0.5) is 0 Å². The molecule has 8 aliphatic rings. The van der Waals surface area contributed by atoms with Crippen molar-refractivity contribution in [2.24, 2.45) is 51.1 Å². The van der Waals surface area contributed by atoms with Crippen molar-refractivity contribution in [3.05, 3.63) is 0 Å². The quantitative estimate of drug-likeness (QED) is 0.418. The third kappa shape index (κ3) is 4.66. The van der Waals surface area contributed by atoms with Crippen LogP contribution in [0, 0.1) is 45.3 Å². The average molecular weight is 619 g/mol. The number of aliphatic hydroxyl groups is 2. The normalized spacial score (nSPS) is 50.4. The summed E-state index contributed by atoms with van der Waals surface area (Å²) in [5.41, 5.74) is 7.24. The van der Waals surface area contributed by atoms with Gasteiger partial charge in [0.05, 0.1) is 62.4 Å². The molecule has 0 aromatic carbocycles. The smallest absolute Gasteiger partial charge is 0.170 e. The first kappa shape index (κ1) is 32.2. The second-order valence-electron chi connectivity index (χ2n) is 17.6. The molecule has 8 fully saturated rings. The minimum atomic E-state index is -0.904. The Kier molecular flexibility index (Phi) is 8.14. The molecule has 8 nitrogen and oxygen atoms in total. The number of morpholine rings is 1. The molecule has 0 bridgehead atoms. The number of fused-ring (bicyclic) bond motifs is 4. The summed E-state index contributed by atoms with van der Waals surface area (Å²) < 4.78 is 25.4. The van der Waals surface area contributed by atoms with Crippen molar-refractivity contribution in [2.45, 2.75) is 141 Å². The van der Waals surface area contributed by atoms with Crippen LogP contribution in [-0.2, 0) is 18.9 Å². The van der Waals surface area contributed by atoms with Crippen molar-refractivity contribution in [2.75, 3.05) is 40.0 Å². The summed E-state index contributed by atoms with van der Waals surface area (Å²) in [4.78, 5) is 2.53. The summed E-state index contributed by atoms with van der Waals surface area (Å²) in [5.74, 6) is 3.02. The Labute approximate surface area is 266 Å². The van der Waals surface area contributed by atoms with Gasteiger partial charge < -0.3 is 34.9 Å². The maximum absolute atomic E-state index is 10.6. The third-order valence-corrected chi connectivity index (χ3v) is 15.3. The van der Waals surface area contributed by atoms with E-state index < -0.39 is 5.60 Å². The monoisotopic (exact) mass is 618 g/mol. The first-order valence-electron chi connectivity index (χ1n) is 18.1. The molecule has 8 rings (SSSR count). The molecule has 0 aromatic rings. The van der Waals surface area contributed by atoms with Gasteiger partial charge in [0.15, 0.2) is 6.29 Å². The van der Waals surface area contributed by atoms with Gasteiger partial charge in [-0.05, 0) is 123 Å². The zero-order chi connectivity index (χ0) is 31.3. The molecule has 4 N–H and O–H groups in total. The number of rotatable bonds is 5. The molecule has 0 radical (unpaired) electrons. The first-order valence-corrected chi connectivity index (χ1v) is 18.1. The van der Waals surface area contributed by atoms with Crippen LogP contribution in [0.3, 0.4) is 0 Å². The van der Waals surface area contributed by atoms with E-state index in [2.05, 4.69) is 25.7 Å². The van der Waals surface area contributed by atoms with E-state index in [1.54, 1.807) is 0 Å². The van der Waals surface area contributed by atoms with E-state index in [0.717, 1.165) is 64.2 Å². The number of nitrogens with two attached hydrogens (primary N) is 1. The van der Waals surface area contributed by atoms with Gasteiger partial charge >= 0.3 is 0 Å². The van der Waals surface area contributed by atoms with Crippen LogP contribution >= 0.6 is 0 Å². The lowest BCUT2D eigenvalue weighted by Crippen LogP contribution is -2.58. The predicted molar refractivity (Wildman–Crippen MR) is 169 cm³/mol. The highest BCUT2D eigenvalue weighted by atomic mass is 16.7. The van der Waals surface area contributed by atoms with E-state index in [-0.39, 0.29) is 30.0 Å². The number of ether oxygens (including phenoxy) is 4. The third-order valence-electron chi connectivity index (χ3n) is 15.3.